The second kappa shape index (κ2) is 6.98. The minimum absolute atomic E-state index is 0.0989. The highest BCUT2D eigenvalue weighted by molar-refractivity contribution is 6.24. The van der Waals surface area contributed by atoms with Gasteiger partial charge in [0.2, 0.25) is 11.8 Å². The zero-order valence-corrected chi connectivity index (χ0v) is 16.1. The summed E-state index contributed by atoms with van der Waals surface area (Å²) in [5.74, 6) is -3.04. The second-order valence-electron chi connectivity index (χ2n) is 7.54. The molecule has 0 spiro atoms. The van der Waals surface area contributed by atoms with Gasteiger partial charge in [-0.05, 0) is 18.2 Å². The van der Waals surface area contributed by atoms with Gasteiger partial charge in [-0.3, -0.25) is 29.5 Å². The van der Waals surface area contributed by atoms with Gasteiger partial charge in [-0.25, -0.2) is 4.90 Å². The molecule has 0 aliphatic carbocycles. The Morgan fingerprint density at radius 2 is 1.74 bits per heavy atom. The van der Waals surface area contributed by atoms with Crippen molar-refractivity contribution in [1.82, 2.24) is 5.01 Å². The Morgan fingerprint density at radius 1 is 1.00 bits per heavy atom. The number of non-ortho nitro benzene ring substituents is 1. The average molecular weight is 416 g/mol. The zero-order chi connectivity index (χ0) is 21.7. The molecule has 3 heterocycles. The summed E-state index contributed by atoms with van der Waals surface area (Å²) in [4.78, 5) is 51.9. The Hall–Kier alpha value is -4.14. The second-order valence-corrected chi connectivity index (χ2v) is 7.54. The lowest BCUT2D eigenvalue weighted by Gasteiger charge is -2.30. The van der Waals surface area contributed by atoms with E-state index in [0.717, 1.165) is 4.90 Å². The Labute approximate surface area is 176 Å². The van der Waals surface area contributed by atoms with Crippen molar-refractivity contribution >= 4 is 35.2 Å². The molecule has 2 saturated heterocycles. The highest BCUT2D eigenvalue weighted by Crippen LogP contribution is 2.46. The molecule has 0 unspecified atom stereocenters. The maximum absolute atomic E-state index is 13.5. The summed E-state index contributed by atoms with van der Waals surface area (Å²) in [6, 6.07) is 12.4. The molecule has 0 bridgehead atoms. The number of para-hydroxylation sites is 1. The summed E-state index contributed by atoms with van der Waals surface area (Å²) in [7, 11) is 0. The number of fused-ring (bicyclic) bond motifs is 3. The molecule has 9 nitrogen and oxygen atoms in total. The van der Waals surface area contributed by atoms with Gasteiger partial charge in [0.25, 0.3) is 5.69 Å². The number of anilines is 1. The van der Waals surface area contributed by atoms with Crippen LogP contribution in [0.3, 0.4) is 0 Å². The predicted octanol–water partition coefficient (Wildman–Crippen LogP) is 2.19. The third-order valence-electron chi connectivity index (χ3n) is 5.92. The monoisotopic (exact) mass is 416 g/mol. The number of nitro benzene ring substituents is 1. The lowest BCUT2D eigenvalue weighted by Crippen LogP contribution is -2.46. The number of allylic oxidation sites excluding steroid dienone is 1. The van der Waals surface area contributed by atoms with Gasteiger partial charge in [-0.1, -0.05) is 36.4 Å². The van der Waals surface area contributed by atoms with Crippen molar-refractivity contribution in [3.63, 3.8) is 0 Å². The van der Waals surface area contributed by atoms with Gasteiger partial charge in [0.1, 0.15) is 6.04 Å². The number of nitrogens with zero attached hydrogens (tertiary/aromatic N) is 4. The summed E-state index contributed by atoms with van der Waals surface area (Å²) < 4.78 is 0. The minimum Gasteiger partial charge on any atom is -0.292 e. The van der Waals surface area contributed by atoms with Crippen LogP contribution in [-0.4, -0.2) is 45.8 Å². The first-order valence-electron chi connectivity index (χ1n) is 9.69. The van der Waals surface area contributed by atoms with Gasteiger partial charge < -0.3 is 0 Å². The number of imide groups is 1. The Kier molecular flexibility index (Phi) is 4.25. The van der Waals surface area contributed by atoms with E-state index in [1.165, 1.54) is 35.5 Å². The highest BCUT2D eigenvalue weighted by Gasteiger charge is 2.64. The van der Waals surface area contributed by atoms with Gasteiger partial charge in [0.05, 0.1) is 28.5 Å². The number of ketones is 1. The van der Waals surface area contributed by atoms with Crippen LogP contribution in [0, 0.1) is 22.0 Å². The standard InChI is InChI=1S/C22H16N4O5/c27-20(13-6-4-9-15(12-13)26(30)31)19-18-17(16-10-5-11-23-25(16)19)21(28)24(22(18)29)14-7-2-1-3-8-14/h1-12,16-19H/t16-,17+,18-,19+/m1/s1. The molecule has 2 amide bonds. The first-order chi connectivity index (χ1) is 15.0. The van der Waals surface area contributed by atoms with E-state index >= 15 is 0 Å². The van der Waals surface area contributed by atoms with Crippen molar-refractivity contribution in [2.24, 2.45) is 16.9 Å². The van der Waals surface area contributed by atoms with Crippen molar-refractivity contribution in [3.05, 3.63) is 82.4 Å². The number of nitro groups is 1. The van der Waals surface area contributed by atoms with Crippen molar-refractivity contribution in [2.75, 3.05) is 4.90 Å². The first-order valence-corrected chi connectivity index (χ1v) is 9.69. The van der Waals surface area contributed by atoms with Crippen LogP contribution < -0.4 is 4.90 Å². The molecule has 3 aliphatic heterocycles. The lowest BCUT2D eigenvalue weighted by molar-refractivity contribution is -0.384. The maximum Gasteiger partial charge on any atom is 0.270 e. The summed E-state index contributed by atoms with van der Waals surface area (Å²) in [6.07, 6.45) is 4.93. The normalized spacial score (nSPS) is 26.2. The zero-order valence-electron chi connectivity index (χ0n) is 16.1. The fraction of sp³-hybridized carbons (Fsp3) is 0.182. The minimum atomic E-state index is -1.04. The highest BCUT2D eigenvalue weighted by atomic mass is 16.6. The molecule has 5 rings (SSSR count). The SMILES string of the molecule is O=C(c1cccc([N+](=O)[O-])c1)[C@@H]1[C@@H]2C(=O)N(c3ccccc3)C(=O)[C@H]2[C@H]2C=CC=NN21. The number of hydrazone groups is 1. The van der Waals surface area contributed by atoms with Gasteiger partial charge in [-0.2, -0.15) is 5.10 Å². The number of carbonyl (C=O) groups is 3. The fourth-order valence-electron chi connectivity index (χ4n) is 4.61. The number of benzene rings is 2. The summed E-state index contributed by atoms with van der Waals surface area (Å²) in [6.45, 7) is 0. The van der Waals surface area contributed by atoms with Crippen molar-refractivity contribution in [3.8, 4) is 0 Å². The molecule has 0 N–H and O–H groups in total. The molecule has 3 aliphatic rings. The molecular weight excluding hydrogens is 400 g/mol. The summed E-state index contributed by atoms with van der Waals surface area (Å²) in [5.41, 5.74) is 0.323. The molecule has 2 aromatic carbocycles. The fourth-order valence-corrected chi connectivity index (χ4v) is 4.61. The topological polar surface area (TPSA) is 113 Å². The van der Waals surface area contributed by atoms with Crippen LogP contribution in [0.2, 0.25) is 0 Å². The van der Waals surface area contributed by atoms with E-state index in [-0.39, 0.29) is 17.2 Å². The third-order valence-corrected chi connectivity index (χ3v) is 5.92. The molecular formula is C22H16N4O5. The van der Waals surface area contributed by atoms with Crippen LogP contribution in [-0.2, 0) is 9.59 Å². The van der Waals surface area contributed by atoms with Crippen LogP contribution in [0.15, 0.2) is 71.9 Å². The van der Waals surface area contributed by atoms with Crippen LogP contribution in [0.4, 0.5) is 11.4 Å². The van der Waals surface area contributed by atoms with E-state index in [2.05, 4.69) is 5.10 Å². The predicted molar refractivity (Wildman–Crippen MR) is 110 cm³/mol. The van der Waals surface area contributed by atoms with Crippen LogP contribution in [0.1, 0.15) is 10.4 Å². The third kappa shape index (κ3) is 2.77. The Balaban J connectivity index is 1.58. The van der Waals surface area contributed by atoms with E-state index in [9.17, 15) is 24.5 Å². The quantitative estimate of drug-likeness (QED) is 0.327. The number of amides is 2. The van der Waals surface area contributed by atoms with Crippen LogP contribution in [0.5, 0.6) is 0 Å². The Morgan fingerprint density at radius 3 is 2.48 bits per heavy atom. The van der Waals surface area contributed by atoms with Gasteiger partial charge in [0, 0.05) is 23.9 Å². The van der Waals surface area contributed by atoms with Crippen LogP contribution >= 0.6 is 0 Å². The number of Topliss-reactive ketones (excluding diaryl/α,β-unsaturated/α-hetero) is 1. The number of hydrogen-bond donors (Lipinski definition) is 0. The van der Waals surface area contributed by atoms with Crippen LogP contribution in [0.25, 0.3) is 0 Å². The lowest BCUT2D eigenvalue weighted by atomic mass is 9.86. The van der Waals surface area contributed by atoms with E-state index in [0.29, 0.717) is 5.69 Å². The van der Waals surface area contributed by atoms with E-state index < -0.39 is 40.5 Å². The number of carbonyl (C=O) groups excluding carboxylic acids is 3. The van der Waals surface area contributed by atoms with E-state index in [1.807, 2.05) is 0 Å². The van der Waals surface area contributed by atoms with E-state index in [4.69, 9.17) is 0 Å². The van der Waals surface area contributed by atoms with Crippen molar-refractivity contribution in [2.45, 2.75) is 12.1 Å². The first kappa shape index (κ1) is 18.9. The van der Waals surface area contributed by atoms with Gasteiger partial charge in [0.15, 0.2) is 5.78 Å². The summed E-state index contributed by atoms with van der Waals surface area (Å²) in [5, 5.41) is 16.9. The Bertz CT molecular complexity index is 1180. The molecule has 2 fully saturated rings. The maximum atomic E-state index is 13.5. The molecule has 31 heavy (non-hydrogen) atoms. The molecule has 4 atom stereocenters. The van der Waals surface area contributed by atoms with Gasteiger partial charge in [-0.15, -0.1) is 0 Å². The van der Waals surface area contributed by atoms with Crippen molar-refractivity contribution in [1.29, 1.82) is 0 Å². The number of hydrogen-bond acceptors (Lipinski definition) is 7. The van der Waals surface area contributed by atoms with Gasteiger partial charge >= 0.3 is 0 Å². The molecule has 154 valence electrons. The largest absolute Gasteiger partial charge is 0.292 e. The molecule has 9 heteroatoms. The summed E-state index contributed by atoms with van der Waals surface area (Å²) >= 11 is 0. The molecule has 2 aromatic rings. The average Bonchev–Trinajstić information content (AvgIpc) is 3.26. The molecule has 0 saturated carbocycles. The molecule has 0 radical (unpaired) electrons. The van der Waals surface area contributed by atoms with Crippen molar-refractivity contribution < 1.29 is 19.3 Å². The smallest absolute Gasteiger partial charge is 0.270 e. The molecule has 0 aromatic heterocycles. The van der Waals surface area contributed by atoms with E-state index in [1.54, 1.807) is 42.5 Å². The number of rotatable bonds is 4.